The van der Waals surface area contributed by atoms with E-state index >= 15 is 0 Å². The summed E-state index contributed by atoms with van der Waals surface area (Å²) in [5.41, 5.74) is 1.20. The van der Waals surface area contributed by atoms with E-state index in [9.17, 15) is 14.0 Å². The first kappa shape index (κ1) is 16.3. The van der Waals surface area contributed by atoms with Crippen LogP contribution in [-0.4, -0.2) is 24.4 Å². The summed E-state index contributed by atoms with van der Waals surface area (Å²) in [7, 11) is 0. The molecule has 0 aliphatic carbocycles. The minimum atomic E-state index is -0.346. The maximum absolute atomic E-state index is 13.1. The van der Waals surface area contributed by atoms with E-state index in [1.54, 1.807) is 23.1 Å². The van der Waals surface area contributed by atoms with Gasteiger partial charge in [-0.05, 0) is 47.2 Å². The van der Waals surface area contributed by atoms with Gasteiger partial charge in [0.1, 0.15) is 5.82 Å². The zero-order valence-corrected chi connectivity index (χ0v) is 14.0. The topological polar surface area (TPSA) is 49.4 Å². The predicted molar refractivity (Wildman–Crippen MR) is 98.6 cm³/mol. The molecule has 1 unspecified atom stereocenters. The van der Waals surface area contributed by atoms with Gasteiger partial charge in [0.15, 0.2) is 0 Å². The third-order valence-corrected chi connectivity index (χ3v) is 4.61. The van der Waals surface area contributed by atoms with Crippen molar-refractivity contribution in [2.24, 2.45) is 0 Å². The lowest BCUT2D eigenvalue weighted by molar-refractivity contribution is -0.117. The molecular formula is C21H17FN2O2. The number of nitrogens with zero attached hydrogens (tertiary/aromatic N) is 1. The molecule has 0 radical (unpaired) electrons. The maximum atomic E-state index is 13.1. The van der Waals surface area contributed by atoms with E-state index < -0.39 is 0 Å². The van der Waals surface area contributed by atoms with Crippen LogP contribution in [0.5, 0.6) is 0 Å². The van der Waals surface area contributed by atoms with E-state index in [0.717, 1.165) is 10.8 Å². The number of carbonyl (C=O) groups excluding carboxylic acids is 2. The zero-order valence-electron chi connectivity index (χ0n) is 14.0. The van der Waals surface area contributed by atoms with Crippen molar-refractivity contribution < 1.29 is 14.0 Å². The largest absolute Gasteiger partial charge is 0.347 e. The highest BCUT2D eigenvalue weighted by atomic mass is 19.1. The normalized spacial score (nSPS) is 16.9. The van der Waals surface area contributed by atoms with Crippen molar-refractivity contribution >= 4 is 28.3 Å². The number of rotatable bonds is 3. The Morgan fingerprint density at radius 1 is 1.00 bits per heavy atom. The molecule has 26 heavy (non-hydrogen) atoms. The number of hydrogen-bond donors (Lipinski definition) is 1. The molecule has 4 nitrogen and oxygen atoms in total. The minimum Gasteiger partial charge on any atom is -0.347 e. The molecular weight excluding hydrogens is 331 g/mol. The van der Waals surface area contributed by atoms with Crippen LogP contribution in [0, 0.1) is 5.82 Å². The van der Waals surface area contributed by atoms with E-state index in [4.69, 9.17) is 0 Å². The van der Waals surface area contributed by atoms with Crippen molar-refractivity contribution in [2.75, 3.05) is 11.4 Å². The molecule has 1 aliphatic heterocycles. The van der Waals surface area contributed by atoms with Crippen LogP contribution in [0.2, 0.25) is 0 Å². The lowest BCUT2D eigenvalue weighted by Gasteiger charge is -2.17. The number of anilines is 1. The van der Waals surface area contributed by atoms with Gasteiger partial charge in [-0.2, -0.15) is 0 Å². The van der Waals surface area contributed by atoms with Crippen LogP contribution in [-0.2, 0) is 4.79 Å². The highest BCUT2D eigenvalue weighted by Crippen LogP contribution is 2.22. The summed E-state index contributed by atoms with van der Waals surface area (Å²) >= 11 is 0. The molecule has 0 aromatic heterocycles. The van der Waals surface area contributed by atoms with E-state index in [-0.39, 0.29) is 30.1 Å². The Labute approximate surface area is 150 Å². The number of benzene rings is 3. The van der Waals surface area contributed by atoms with Gasteiger partial charge in [0, 0.05) is 24.2 Å². The van der Waals surface area contributed by atoms with Crippen molar-refractivity contribution in [1.29, 1.82) is 0 Å². The van der Waals surface area contributed by atoms with Crippen LogP contribution in [0.25, 0.3) is 10.8 Å². The van der Waals surface area contributed by atoms with Gasteiger partial charge in [0.05, 0.1) is 6.04 Å². The van der Waals surface area contributed by atoms with E-state index in [1.807, 2.05) is 36.4 Å². The van der Waals surface area contributed by atoms with Crippen LogP contribution in [0.3, 0.4) is 0 Å². The zero-order chi connectivity index (χ0) is 18.1. The highest BCUT2D eigenvalue weighted by Gasteiger charge is 2.31. The molecule has 0 bridgehead atoms. The van der Waals surface area contributed by atoms with Crippen LogP contribution in [0.15, 0.2) is 66.7 Å². The second-order valence-electron chi connectivity index (χ2n) is 6.42. The van der Waals surface area contributed by atoms with Gasteiger partial charge in [-0.3, -0.25) is 9.59 Å². The Bertz CT molecular complexity index is 985. The number of fused-ring (bicyclic) bond motifs is 1. The smallest absolute Gasteiger partial charge is 0.251 e. The van der Waals surface area contributed by atoms with Gasteiger partial charge in [0.25, 0.3) is 5.91 Å². The van der Waals surface area contributed by atoms with Gasteiger partial charge in [-0.15, -0.1) is 0 Å². The molecule has 4 rings (SSSR count). The Kier molecular flexibility index (Phi) is 4.13. The molecule has 1 heterocycles. The first-order chi connectivity index (χ1) is 12.6. The predicted octanol–water partition coefficient (Wildman–Crippen LogP) is 3.51. The SMILES string of the molecule is O=C(NC1CC(=O)N(c2ccc(F)cc2)C1)c1ccc2ccccc2c1. The molecule has 1 atom stereocenters. The van der Waals surface area contributed by atoms with Crippen molar-refractivity contribution in [3.8, 4) is 0 Å². The summed E-state index contributed by atoms with van der Waals surface area (Å²) in [6.07, 6.45) is 0.233. The van der Waals surface area contributed by atoms with Crippen LogP contribution >= 0.6 is 0 Å². The molecule has 1 saturated heterocycles. The summed E-state index contributed by atoms with van der Waals surface area (Å²) < 4.78 is 13.1. The fourth-order valence-corrected chi connectivity index (χ4v) is 3.27. The third-order valence-electron chi connectivity index (χ3n) is 4.61. The lowest BCUT2D eigenvalue weighted by atomic mass is 10.1. The second-order valence-corrected chi connectivity index (χ2v) is 6.42. The van der Waals surface area contributed by atoms with E-state index in [2.05, 4.69) is 5.32 Å². The summed E-state index contributed by atoms with van der Waals surface area (Å²) in [5.74, 6) is -0.628. The molecule has 3 aromatic carbocycles. The number of halogens is 1. The average molecular weight is 348 g/mol. The van der Waals surface area contributed by atoms with Crippen molar-refractivity contribution in [3.05, 3.63) is 78.1 Å². The Morgan fingerprint density at radius 2 is 1.73 bits per heavy atom. The molecule has 1 fully saturated rings. The summed E-state index contributed by atoms with van der Waals surface area (Å²) in [5, 5.41) is 4.99. The van der Waals surface area contributed by atoms with E-state index in [0.29, 0.717) is 17.8 Å². The molecule has 1 aliphatic rings. The minimum absolute atomic E-state index is 0.0829. The highest BCUT2D eigenvalue weighted by molar-refractivity contribution is 6.00. The van der Waals surface area contributed by atoms with Gasteiger partial charge >= 0.3 is 0 Å². The van der Waals surface area contributed by atoms with Gasteiger partial charge < -0.3 is 10.2 Å². The second kappa shape index (κ2) is 6.59. The molecule has 5 heteroatoms. The fourth-order valence-electron chi connectivity index (χ4n) is 3.27. The fraction of sp³-hybridized carbons (Fsp3) is 0.143. The van der Waals surface area contributed by atoms with Gasteiger partial charge in [-0.1, -0.05) is 30.3 Å². The summed E-state index contributed by atoms with van der Waals surface area (Å²) in [4.78, 5) is 26.4. The number of amides is 2. The molecule has 3 aromatic rings. The van der Waals surface area contributed by atoms with Crippen LogP contribution in [0.1, 0.15) is 16.8 Å². The quantitative estimate of drug-likeness (QED) is 0.787. The van der Waals surface area contributed by atoms with Crippen molar-refractivity contribution in [3.63, 3.8) is 0 Å². The standard InChI is InChI=1S/C21H17FN2O2/c22-17-7-9-19(10-8-17)24-13-18(12-20(24)25)23-21(26)16-6-5-14-3-1-2-4-15(14)11-16/h1-11,18H,12-13H2,(H,23,26). The first-order valence-electron chi connectivity index (χ1n) is 8.46. The molecule has 2 amide bonds. The van der Waals surface area contributed by atoms with Crippen LogP contribution in [0.4, 0.5) is 10.1 Å². The molecule has 0 saturated carbocycles. The number of carbonyl (C=O) groups is 2. The average Bonchev–Trinajstić information content (AvgIpc) is 3.02. The molecule has 1 N–H and O–H groups in total. The number of nitrogens with one attached hydrogen (secondary N) is 1. The summed E-state index contributed by atoms with van der Waals surface area (Å²) in [6, 6.07) is 18.9. The van der Waals surface area contributed by atoms with Crippen molar-refractivity contribution in [2.45, 2.75) is 12.5 Å². The maximum Gasteiger partial charge on any atom is 0.251 e. The number of hydrogen-bond acceptors (Lipinski definition) is 2. The molecule has 0 spiro atoms. The van der Waals surface area contributed by atoms with Gasteiger partial charge in [0.2, 0.25) is 5.91 Å². The third kappa shape index (κ3) is 3.16. The Balaban J connectivity index is 1.47. The first-order valence-corrected chi connectivity index (χ1v) is 8.46. The van der Waals surface area contributed by atoms with Gasteiger partial charge in [-0.25, -0.2) is 4.39 Å². The monoisotopic (exact) mass is 348 g/mol. The Hall–Kier alpha value is -3.21. The van der Waals surface area contributed by atoms with Crippen LogP contribution < -0.4 is 10.2 Å². The van der Waals surface area contributed by atoms with Crippen molar-refractivity contribution in [1.82, 2.24) is 5.32 Å². The molecule has 130 valence electrons. The van der Waals surface area contributed by atoms with E-state index in [1.165, 1.54) is 12.1 Å². The Morgan fingerprint density at radius 3 is 2.50 bits per heavy atom. The lowest BCUT2D eigenvalue weighted by Crippen LogP contribution is -2.37. The summed E-state index contributed by atoms with van der Waals surface area (Å²) in [6.45, 7) is 0.379.